The van der Waals surface area contributed by atoms with Crippen LogP contribution in [0, 0.1) is 0 Å². The van der Waals surface area contributed by atoms with Crippen LogP contribution in [-0.4, -0.2) is 48.1 Å². The number of likely N-dealkylation sites (tertiary alicyclic amines) is 1. The van der Waals surface area contributed by atoms with Crippen LogP contribution in [0.2, 0.25) is 0 Å². The first-order valence-electron chi connectivity index (χ1n) is 6.32. The Morgan fingerprint density at radius 1 is 1.35 bits per heavy atom. The highest BCUT2D eigenvalue weighted by molar-refractivity contribution is 5.27. The Morgan fingerprint density at radius 3 is 2.71 bits per heavy atom. The maximum Gasteiger partial charge on any atom is 0.115 e. The van der Waals surface area contributed by atoms with E-state index in [0.29, 0.717) is 11.8 Å². The normalized spacial score (nSPS) is 18.8. The molecule has 2 rings (SSSR count). The van der Waals surface area contributed by atoms with Crippen LogP contribution in [0.4, 0.5) is 0 Å². The van der Waals surface area contributed by atoms with E-state index in [2.05, 4.69) is 30.0 Å². The van der Waals surface area contributed by atoms with E-state index in [1.54, 1.807) is 6.07 Å². The Bertz CT molecular complexity index is 359. The van der Waals surface area contributed by atoms with Gasteiger partial charge in [-0.3, -0.25) is 4.90 Å². The van der Waals surface area contributed by atoms with E-state index in [1.807, 2.05) is 12.1 Å². The molecule has 1 heterocycles. The van der Waals surface area contributed by atoms with Crippen molar-refractivity contribution < 1.29 is 5.11 Å². The minimum absolute atomic E-state index is 0.360. The molecule has 0 bridgehead atoms. The number of aromatic hydroxyl groups is 1. The number of piperidine rings is 1. The molecule has 0 aromatic heterocycles. The van der Waals surface area contributed by atoms with E-state index in [1.165, 1.54) is 31.5 Å². The molecule has 0 spiro atoms. The average Bonchev–Trinajstić information content (AvgIpc) is 2.29. The lowest BCUT2D eigenvalue weighted by molar-refractivity contribution is 0.139. The first-order chi connectivity index (χ1) is 8.15. The Morgan fingerprint density at radius 2 is 2.06 bits per heavy atom. The molecule has 17 heavy (non-hydrogen) atoms. The monoisotopic (exact) mass is 234 g/mol. The molecule has 0 radical (unpaired) electrons. The zero-order valence-corrected chi connectivity index (χ0v) is 10.8. The van der Waals surface area contributed by atoms with E-state index in [9.17, 15) is 5.11 Å². The second-order valence-corrected chi connectivity index (χ2v) is 5.12. The third kappa shape index (κ3) is 3.45. The largest absolute Gasteiger partial charge is 0.508 e. The summed E-state index contributed by atoms with van der Waals surface area (Å²) in [6.45, 7) is 3.30. The summed E-state index contributed by atoms with van der Waals surface area (Å²) in [5.74, 6) is 0.360. The molecule has 3 nitrogen and oxygen atoms in total. The van der Waals surface area contributed by atoms with Crippen molar-refractivity contribution in [1.82, 2.24) is 9.80 Å². The van der Waals surface area contributed by atoms with Gasteiger partial charge in [0.15, 0.2) is 0 Å². The quantitative estimate of drug-likeness (QED) is 0.865. The van der Waals surface area contributed by atoms with E-state index in [4.69, 9.17) is 0 Å². The standard InChI is InChI=1S/C14H22N2O/c1-15-8-6-13(7-9-15)16(2)11-12-4-3-5-14(17)10-12/h3-5,10,13,17H,6-9,11H2,1-2H3. The summed E-state index contributed by atoms with van der Waals surface area (Å²) >= 11 is 0. The fourth-order valence-corrected chi connectivity index (χ4v) is 2.51. The molecule has 0 unspecified atom stereocenters. The average molecular weight is 234 g/mol. The molecule has 1 aromatic carbocycles. The van der Waals surface area contributed by atoms with Gasteiger partial charge in [0.25, 0.3) is 0 Å². The molecule has 1 fully saturated rings. The van der Waals surface area contributed by atoms with Gasteiger partial charge in [-0.05, 0) is 57.7 Å². The van der Waals surface area contributed by atoms with Gasteiger partial charge < -0.3 is 10.0 Å². The number of phenols is 1. The number of phenolic OH excluding ortho intramolecular Hbond substituents is 1. The maximum atomic E-state index is 9.45. The third-order valence-corrected chi connectivity index (χ3v) is 3.65. The first kappa shape index (κ1) is 12.4. The minimum atomic E-state index is 0.360. The first-order valence-corrected chi connectivity index (χ1v) is 6.32. The van der Waals surface area contributed by atoms with Crippen LogP contribution in [0.25, 0.3) is 0 Å². The van der Waals surface area contributed by atoms with Crippen LogP contribution in [0.3, 0.4) is 0 Å². The highest BCUT2D eigenvalue weighted by Gasteiger charge is 2.20. The summed E-state index contributed by atoms with van der Waals surface area (Å²) in [6.07, 6.45) is 2.48. The summed E-state index contributed by atoms with van der Waals surface area (Å²) in [5, 5.41) is 9.45. The van der Waals surface area contributed by atoms with Crippen LogP contribution < -0.4 is 0 Å². The van der Waals surface area contributed by atoms with Crippen LogP contribution in [0.1, 0.15) is 18.4 Å². The van der Waals surface area contributed by atoms with Crippen molar-refractivity contribution in [3.05, 3.63) is 29.8 Å². The van der Waals surface area contributed by atoms with Gasteiger partial charge in [0, 0.05) is 12.6 Å². The van der Waals surface area contributed by atoms with E-state index in [-0.39, 0.29) is 0 Å². The molecule has 3 heteroatoms. The highest BCUT2D eigenvalue weighted by atomic mass is 16.3. The zero-order chi connectivity index (χ0) is 12.3. The molecule has 1 aliphatic rings. The van der Waals surface area contributed by atoms with Gasteiger partial charge in [0.1, 0.15) is 5.75 Å². The van der Waals surface area contributed by atoms with Crippen LogP contribution in [0.5, 0.6) is 5.75 Å². The molecule has 0 amide bonds. The van der Waals surface area contributed by atoms with Crippen LogP contribution >= 0.6 is 0 Å². The molecule has 0 saturated carbocycles. The number of hydrogen-bond acceptors (Lipinski definition) is 3. The highest BCUT2D eigenvalue weighted by Crippen LogP contribution is 2.18. The summed E-state index contributed by atoms with van der Waals surface area (Å²) in [5.41, 5.74) is 1.19. The fourth-order valence-electron chi connectivity index (χ4n) is 2.51. The van der Waals surface area contributed by atoms with E-state index >= 15 is 0 Å². The van der Waals surface area contributed by atoms with Crippen molar-refractivity contribution in [3.8, 4) is 5.75 Å². The second-order valence-electron chi connectivity index (χ2n) is 5.12. The Hall–Kier alpha value is -1.06. The predicted octanol–water partition coefficient (Wildman–Crippen LogP) is 1.92. The van der Waals surface area contributed by atoms with Gasteiger partial charge in [-0.25, -0.2) is 0 Å². The van der Waals surface area contributed by atoms with Gasteiger partial charge in [-0.1, -0.05) is 12.1 Å². The lowest BCUT2D eigenvalue weighted by Crippen LogP contribution is -2.41. The predicted molar refractivity (Wildman–Crippen MR) is 70.1 cm³/mol. The Labute approximate surface area is 104 Å². The molecule has 1 aliphatic heterocycles. The minimum Gasteiger partial charge on any atom is -0.508 e. The summed E-state index contributed by atoms with van der Waals surface area (Å²) in [4.78, 5) is 4.79. The lowest BCUT2D eigenvalue weighted by Gasteiger charge is -2.35. The third-order valence-electron chi connectivity index (χ3n) is 3.65. The van der Waals surface area contributed by atoms with Gasteiger partial charge in [0.2, 0.25) is 0 Å². The molecule has 1 N–H and O–H groups in total. The van der Waals surface area contributed by atoms with Crippen molar-refractivity contribution in [3.63, 3.8) is 0 Å². The van der Waals surface area contributed by atoms with Crippen LogP contribution in [-0.2, 0) is 6.54 Å². The lowest BCUT2D eigenvalue weighted by atomic mass is 10.0. The van der Waals surface area contributed by atoms with E-state index < -0.39 is 0 Å². The van der Waals surface area contributed by atoms with E-state index in [0.717, 1.165) is 6.54 Å². The number of hydrogen-bond donors (Lipinski definition) is 1. The van der Waals surface area contributed by atoms with Crippen LogP contribution in [0.15, 0.2) is 24.3 Å². The molecular formula is C14H22N2O. The molecule has 1 aromatic rings. The van der Waals surface area contributed by atoms with Gasteiger partial charge >= 0.3 is 0 Å². The maximum absolute atomic E-state index is 9.45. The molecule has 1 saturated heterocycles. The van der Waals surface area contributed by atoms with Gasteiger partial charge in [0.05, 0.1) is 0 Å². The number of benzene rings is 1. The van der Waals surface area contributed by atoms with Crippen molar-refractivity contribution in [2.45, 2.75) is 25.4 Å². The summed E-state index contributed by atoms with van der Waals surface area (Å²) < 4.78 is 0. The molecule has 94 valence electrons. The zero-order valence-electron chi connectivity index (χ0n) is 10.8. The topological polar surface area (TPSA) is 26.7 Å². The van der Waals surface area contributed by atoms with Crippen molar-refractivity contribution in [1.29, 1.82) is 0 Å². The van der Waals surface area contributed by atoms with Gasteiger partial charge in [-0.15, -0.1) is 0 Å². The fraction of sp³-hybridized carbons (Fsp3) is 0.571. The molecule has 0 aliphatic carbocycles. The SMILES string of the molecule is CN1CCC(N(C)Cc2cccc(O)c2)CC1. The summed E-state index contributed by atoms with van der Waals surface area (Å²) in [6, 6.07) is 8.23. The molecular weight excluding hydrogens is 212 g/mol. The smallest absolute Gasteiger partial charge is 0.115 e. The van der Waals surface area contributed by atoms with Crippen molar-refractivity contribution in [2.24, 2.45) is 0 Å². The Kier molecular flexibility index (Phi) is 4.02. The van der Waals surface area contributed by atoms with Gasteiger partial charge in [-0.2, -0.15) is 0 Å². The van der Waals surface area contributed by atoms with Crippen molar-refractivity contribution in [2.75, 3.05) is 27.2 Å². The summed E-state index contributed by atoms with van der Waals surface area (Å²) in [7, 11) is 4.37. The number of nitrogens with zero attached hydrogens (tertiary/aromatic N) is 2. The second kappa shape index (κ2) is 5.52. The molecule has 0 atom stereocenters. The number of rotatable bonds is 3. The Balaban J connectivity index is 1.90. The van der Waals surface area contributed by atoms with Crippen molar-refractivity contribution >= 4 is 0 Å².